The molecule has 2 atom stereocenters. The van der Waals surface area contributed by atoms with Crippen LogP contribution >= 0.6 is 0 Å². The lowest BCUT2D eigenvalue weighted by molar-refractivity contribution is 0.0274. The van der Waals surface area contributed by atoms with Crippen LogP contribution in [0.25, 0.3) is 0 Å². The summed E-state index contributed by atoms with van der Waals surface area (Å²) in [6.07, 6.45) is 1.35. The zero-order chi connectivity index (χ0) is 7.98. The number of rotatable bonds is 0. The Morgan fingerprint density at radius 2 is 1.40 bits per heavy atom. The maximum Gasteiger partial charge on any atom is 0.0491 e. The summed E-state index contributed by atoms with van der Waals surface area (Å²) in [5, 5.41) is 0. The minimum Gasteiger partial charge on any atom is -0.381 e. The van der Waals surface area contributed by atoms with Gasteiger partial charge in [-0.1, -0.05) is 27.7 Å². The monoisotopic (exact) mass is 144 g/mol. The van der Waals surface area contributed by atoms with Crippen molar-refractivity contribution in [3.63, 3.8) is 0 Å². The third-order valence-corrected chi connectivity index (χ3v) is 1.61. The lowest BCUT2D eigenvalue weighted by atomic mass is 9.96. The standard InChI is InChI=1S/C7H14O.C2H6/c1-6-3-7(2)5-8-4-6;1-2/h6-7H,3-5H2,1-2H3;1-2H3/t6-,7?;/m1./s1. The molecule has 0 radical (unpaired) electrons. The van der Waals surface area contributed by atoms with Gasteiger partial charge in [-0.2, -0.15) is 0 Å². The number of hydrogen-bond acceptors (Lipinski definition) is 1. The van der Waals surface area contributed by atoms with E-state index in [0.29, 0.717) is 0 Å². The van der Waals surface area contributed by atoms with Gasteiger partial charge in [0.1, 0.15) is 0 Å². The Morgan fingerprint density at radius 1 is 1.00 bits per heavy atom. The quantitative estimate of drug-likeness (QED) is 0.508. The predicted molar refractivity (Wildman–Crippen MR) is 45.1 cm³/mol. The van der Waals surface area contributed by atoms with Crippen LogP contribution in [-0.4, -0.2) is 13.2 Å². The summed E-state index contributed by atoms with van der Waals surface area (Å²) in [4.78, 5) is 0. The van der Waals surface area contributed by atoms with Gasteiger partial charge in [0, 0.05) is 13.2 Å². The molecule has 1 unspecified atom stereocenters. The largest absolute Gasteiger partial charge is 0.381 e. The van der Waals surface area contributed by atoms with E-state index in [-0.39, 0.29) is 0 Å². The molecule has 0 N–H and O–H groups in total. The summed E-state index contributed by atoms with van der Waals surface area (Å²) in [6.45, 7) is 10.4. The fraction of sp³-hybridized carbons (Fsp3) is 1.00. The second kappa shape index (κ2) is 5.72. The van der Waals surface area contributed by atoms with Crippen molar-refractivity contribution in [2.75, 3.05) is 13.2 Å². The van der Waals surface area contributed by atoms with Gasteiger partial charge in [0.25, 0.3) is 0 Å². The van der Waals surface area contributed by atoms with E-state index in [0.717, 1.165) is 25.0 Å². The lowest BCUT2D eigenvalue weighted by Gasteiger charge is -2.23. The first kappa shape index (κ1) is 9.96. The number of ether oxygens (including phenoxy) is 1. The smallest absolute Gasteiger partial charge is 0.0491 e. The van der Waals surface area contributed by atoms with E-state index in [1.807, 2.05) is 13.8 Å². The molecule has 1 rings (SSSR count). The molecule has 0 bridgehead atoms. The lowest BCUT2D eigenvalue weighted by Crippen LogP contribution is -2.21. The molecule has 1 aliphatic heterocycles. The highest BCUT2D eigenvalue weighted by Gasteiger charge is 2.14. The van der Waals surface area contributed by atoms with Crippen LogP contribution in [0.5, 0.6) is 0 Å². The normalized spacial score (nSPS) is 32.4. The Hall–Kier alpha value is -0.0400. The maximum atomic E-state index is 5.29. The van der Waals surface area contributed by atoms with Gasteiger partial charge in [0.05, 0.1) is 0 Å². The molecule has 0 saturated carbocycles. The van der Waals surface area contributed by atoms with E-state index in [1.165, 1.54) is 6.42 Å². The molecule has 0 amide bonds. The fourth-order valence-electron chi connectivity index (χ4n) is 1.29. The van der Waals surface area contributed by atoms with Gasteiger partial charge in [-0.05, 0) is 18.3 Å². The van der Waals surface area contributed by atoms with Gasteiger partial charge in [-0.25, -0.2) is 0 Å². The van der Waals surface area contributed by atoms with Crippen molar-refractivity contribution >= 4 is 0 Å². The molecule has 0 aliphatic carbocycles. The molecule has 62 valence electrons. The van der Waals surface area contributed by atoms with Crippen LogP contribution in [0.3, 0.4) is 0 Å². The topological polar surface area (TPSA) is 9.23 Å². The molecule has 1 heterocycles. The second-order valence-corrected chi connectivity index (χ2v) is 2.98. The summed E-state index contributed by atoms with van der Waals surface area (Å²) < 4.78 is 5.29. The first-order valence-corrected chi connectivity index (χ1v) is 4.37. The highest BCUT2D eigenvalue weighted by molar-refractivity contribution is 4.62. The van der Waals surface area contributed by atoms with Crippen molar-refractivity contribution in [2.24, 2.45) is 11.8 Å². The first-order chi connectivity index (χ1) is 4.79. The zero-order valence-electron chi connectivity index (χ0n) is 7.68. The minimum absolute atomic E-state index is 0.791. The number of hydrogen-bond donors (Lipinski definition) is 0. The van der Waals surface area contributed by atoms with E-state index in [4.69, 9.17) is 4.74 Å². The maximum absolute atomic E-state index is 5.29. The molecule has 0 aromatic rings. The van der Waals surface area contributed by atoms with Crippen molar-refractivity contribution in [1.29, 1.82) is 0 Å². The predicted octanol–water partition coefficient (Wildman–Crippen LogP) is 2.71. The average Bonchev–Trinajstić information content (AvgIpc) is 1.91. The van der Waals surface area contributed by atoms with Crippen LogP contribution in [0.1, 0.15) is 34.1 Å². The van der Waals surface area contributed by atoms with Crippen molar-refractivity contribution in [3.05, 3.63) is 0 Å². The summed E-state index contributed by atoms with van der Waals surface area (Å²) in [7, 11) is 0. The van der Waals surface area contributed by atoms with Crippen LogP contribution in [0, 0.1) is 11.8 Å². The van der Waals surface area contributed by atoms with Crippen molar-refractivity contribution in [3.8, 4) is 0 Å². The third-order valence-electron chi connectivity index (χ3n) is 1.61. The molecule has 1 fully saturated rings. The Morgan fingerprint density at radius 3 is 1.60 bits per heavy atom. The van der Waals surface area contributed by atoms with Crippen LogP contribution in [-0.2, 0) is 4.74 Å². The molecule has 0 aromatic heterocycles. The molecule has 1 saturated heterocycles. The van der Waals surface area contributed by atoms with Crippen LogP contribution in [0.15, 0.2) is 0 Å². The van der Waals surface area contributed by atoms with Crippen molar-refractivity contribution < 1.29 is 4.74 Å². The fourth-order valence-corrected chi connectivity index (χ4v) is 1.29. The molecular formula is C9H20O. The van der Waals surface area contributed by atoms with Gasteiger partial charge in [-0.15, -0.1) is 0 Å². The van der Waals surface area contributed by atoms with Crippen molar-refractivity contribution in [1.82, 2.24) is 0 Å². The van der Waals surface area contributed by atoms with Crippen molar-refractivity contribution in [2.45, 2.75) is 34.1 Å². The van der Waals surface area contributed by atoms with Gasteiger partial charge in [0.2, 0.25) is 0 Å². The molecule has 10 heavy (non-hydrogen) atoms. The molecule has 1 heteroatoms. The molecule has 0 aromatic carbocycles. The van der Waals surface area contributed by atoms with Gasteiger partial charge < -0.3 is 4.74 Å². The minimum atomic E-state index is 0.791. The summed E-state index contributed by atoms with van der Waals surface area (Å²) >= 11 is 0. The van der Waals surface area contributed by atoms with E-state index >= 15 is 0 Å². The Balaban J connectivity index is 0.000000371. The summed E-state index contributed by atoms with van der Waals surface area (Å²) in [6, 6.07) is 0. The molecule has 1 aliphatic rings. The Kier molecular flexibility index (Phi) is 5.70. The molecule has 0 spiro atoms. The van der Waals surface area contributed by atoms with E-state index in [1.54, 1.807) is 0 Å². The Bertz CT molecular complexity index is 63.1. The first-order valence-electron chi connectivity index (χ1n) is 4.37. The highest BCUT2D eigenvalue weighted by Crippen LogP contribution is 2.17. The Labute approximate surface area is 64.8 Å². The third kappa shape index (κ3) is 3.89. The molecule has 1 nitrogen and oxygen atoms in total. The second-order valence-electron chi connectivity index (χ2n) is 2.98. The van der Waals surface area contributed by atoms with Gasteiger partial charge in [-0.3, -0.25) is 0 Å². The van der Waals surface area contributed by atoms with Crippen LogP contribution in [0.4, 0.5) is 0 Å². The zero-order valence-corrected chi connectivity index (χ0v) is 7.68. The van der Waals surface area contributed by atoms with Crippen LogP contribution in [0.2, 0.25) is 0 Å². The highest BCUT2D eigenvalue weighted by atomic mass is 16.5. The average molecular weight is 144 g/mol. The molecular weight excluding hydrogens is 124 g/mol. The van der Waals surface area contributed by atoms with Crippen LogP contribution < -0.4 is 0 Å². The van der Waals surface area contributed by atoms with Gasteiger partial charge in [0.15, 0.2) is 0 Å². The van der Waals surface area contributed by atoms with E-state index < -0.39 is 0 Å². The van der Waals surface area contributed by atoms with Gasteiger partial charge >= 0.3 is 0 Å². The van der Waals surface area contributed by atoms with E-state index in [9.17, 15) is 0 Å². The SMILES string of the molecule is CC.CC1COC[C@H](C)C1. The summed E-state index contributed by atoms with van der Waals surface area (Å²) in [5.41, 5.74) is 0. The summed E-state index contributed by atoms with van der Waals surface area (Å²) in [5.74, 6) is 1.58. The van der Waals surface area contributed by atoms with E-state index in [2.05, 4.69) is 13.8 Å².